The molecule has 1 atom stereocenters. The van der Waals surface area contributed by atoms with Gasteiger partial charge in [0.2, 0.25) is 5.91 Å². The van der Waals surface area contributed by atoms with E-state index in [0.717, 1.165) is 32.5 Å². The molecule has 1 aromatic rings. The molecule has 0 aromatic heterocycles. The van der Waals surface area contributed by atoms with Crippen LogP contribution in [-0.2, 0) is 16.1 Å². The fourth-order valence-electron chi connectivity index (χ4n) is 3.21. The minimum Gasteiger partial charge on any atom is -0.375 e. The molecule has 0 radical (unpaired) electrons. The highest BCUT2D eigenvalue weighted by Gasteiger charge is 2.21. The fourth-order valence-corrected chi connectivity index (χ4v) is 3.21. The number of fused-ring (bicyclic) bond motifs is 1. The Morgan fingerprint density at radius 2 is 2.05 bits per heavy atom. The van der Waals surface area contributed by atoms with Gasteiger partial charge in [0, 0.05) is 26.1 Å². The molecule has 0 saturated carbocycles. The average molecular weight is 288 g/mol. The number of piperidine rings is 1. The van der Waals surface area contributed by atoms with E-state index in [0.29, 0.717) is 19.6 Å². The Bertz CT molecular complexity index is 483. The lowest BCUT2D eigenvalue weighted by Gasteiger charge is -2.28. The van der Waals surface area contributed by atoms with Gasteiger partial charge in [0.25, 0.3) is 0 Å². The number of carbonyl (C=O) groups is 1. The van der Waals surface area contributed by atoms with Crippen LogP contribution in [0.3, 0.4) is 0 Å². The quantitative estimate of drug-likeness (QED) is 0.924. The predicted molar refractivity (Wildman–Crippen MR) is 81.9 cm³/mol. The van der Waals surface area contributed by atoms with Crippen molar-refractivity contribution >= 4 is 5.91 Å². The van der Waals surface area contributed by atoms with E-state index in [2.05, 4.69) is 23.5 Å². The maximum absolute atomic E-state index is 12.1. The number of benzene rings is 1. The summed E-state index contributed by atoms with van der Waals surface area (Å²) in [5, 5.41) is 3.48. The Balaban J connectivity index is 1.48. The van der Waals surface area contributed by atoms with Crippen molar-refractivity contribution in [2.24, 2.45) is 0 Å². The van der Waals surface area contributed by atoms with Crippen molar-refractivity contribution in [3.8, 4) is 0 Å². The van der Waals surface area contributed by atoms with E-state index < -0.39 is 0 Å². The minimum absolute atomic E-state index is 0.212. The van der Waals surface area contributed by atoms with Crippen molar-refractivity contribution in [2.45, 2.75) is 38.3 Å². The third-order valence-electron chi connectivity index (χ3n) is 4.41. The van der Waals surface area contributed by atoms with Gasteiger partial charge in [0.15, 0.2) is 0 Å². The summed E-state index contributed by atoms with van der Waals surface area (Å²) in [6, 6.07) is 8.59. The standard InChI is InChI=1S/C17H24N2O2/c20-17(19-10-4-1-5-11-19)8-9-18-16-13-21-12-14-6-2-3-7-15(14)16/h2-3,6-7,16,18H,1,4-5,8-13H2. The van der Waals surface area contributed by atoms with Crippen molar-refractivity contribution < 1.29 is 9.53 Å². The highest BCUT2D eigenvalue weighted by Crippen LogP contribution is 2.24. The highest BCUT2D eigenvalue weighted by molar-refractivity contribution is 5.76. The lowest BCUT2D eigenvalue weighted by atomic mass is 9.99. The number of likely N-dealkylation sites (tertiary alicyclic amines) is 1. The molecule has 4 heteroatoms. The van der Waals surface area contributed by atoms with E-state index in [4.69, 9.17) is 4.74 Å². The number of hydrogen-bond acceptors (Lipinski definition) is 3. The third-order valence-corrected chi connectivity index (χ3v) is 4.41. The van der Waals surface area contributed by atoms with E-state index in [-0.39, 0.29) is 11.9 Å². The van der Waals surface area contributed by atoms with Gasteiger partial charge in [0.05, 0.1) is 19.3 Å². The van der Waals surface area contributed by atoms with Crippen molar-refractivity contribution in [1.29, 1.82) is 0 Å². The van der Waals surface area contributed by atoms with Gasteiger partial charge in [-0.1, -0.05) is 24.3 Å². The summed E-state index contributed by atoms with van der Waals surface area (Å²) in [7, 11) is 0. The molecule has 4 nitrogen and oxygen atoms in total. The van der Waals surface area contributed by atoms with Gasteiger partial charge in [-0.25, -0.2) is 0 Å². The first-order valence-electron chi connectivity index (χ1n) is 8.01. The summed E-state index contributed by atoms with van der Waals surface area (Å²) < 4.78 is 5.62. The Labute approximate surface area is 126 Å². The molecule has 114 valence electrons. The van der Waals surface area contributed by atoms with Gasteiger partial charge in [-0.2, -0.15) is 0 Å². The van der Waals surface area contributed by atoms with Crippen molar-refractivity contribution in [2.75, 3.05) is 26.2 Å². The SMILES string of the molecule is O=C(CCNC1COCc2ccccc21)N1CCCCC1. The number of nitrogens with one attached hydrogen (secondary N) is 1. The lowest BCUT2D eigenvalue weighted by Crippen LogP contribution is -2.38. The summed E-state index contributed by atoms with van der Waals surface area (Å²) >= 11 is 0. The Morgan fingerprint density at radius 1 is 1.24 bits per heavy atom. The molecule has 0 bridgehead atoms. The molecule has 0 aliphatic carbocycles. The molecule has 2 aliphatic heterocycles. The lowest BCUT2D eigenvalue weighted by molar-refractivity contribution is -0.132. The third kappa shape index (κ3) is 3.63. The Kier molecular flexibility index (Phi) is 4.88. The normalized spacial score (nSPS) is 21.9. The monoisotopic (exact) mass is 288 g/mol. The van der Waals surface area contributed by atoms with Crippen LogP contribution in [0, 0.1) is 0 Å². The molecular formula is C17H24N2O2. The zero-order chi connectivity index (χ0) is 14.5. The minimum atomic E-state index is 0.212. The summed E-state index contributed by atoms with van der Waals surface area (Å²) in [4.78, 5) is 14.2. The van der Waals surface area contributed by atoms with Crippen LogP contribution in [0.25, 0.3) is 0 Å². The maximum Gasteiger partial charge on any atom is 0.223 e. The average Bonchev–Trinajstić information content (AvgIpc) is 2.56. The van der Waals surface area contributed by atoms with Gasteiger partial charge in [-0.15, -0.1) is 0 Å². The molecule has 1 unspecified atom stereocenters. The van der Waals surface area contributed by atoms with Crippen LogP contribution in [0.5, 0.6) is 0 Å². The number of amides is 1. The van der Waals surface area contributed by atoms with Gasteiger partial charge in [0.1, 0.15) is 0 Å². The Hall–Kier alpha value is -1.39. The van der Waals surface area contributed by atoms with Crippen LogP contribution in [-0.4, -0.2) is 37.0 Å². The second kappa shape index (κ2) is 7.05. The number of ether oxygens (including phenoxy) is 1. The summed E-state index contributed by atoms with van der Waals surface area (Å²) in [6.07, 6.45) is 4.16. The van der Waals surface area contributed by atoms with Gasteiger partial charge < -0.3 is 15.0 Å². The van der Waals surface area contributed by atoms with Crippen LogP contribution in [0.1, 0.15) is 42.9 Å². The van der Waals surface area contributed by atoms with Crippen molar-refractivity contribution in [3.05, 3.63) is 35.4 Å². The summed E-state index contributed by atoms with van der Waals surface area (Å²) in [6.45, 7) is 3.98. The second-order valence-corrected chi connectivity index (χ2v) is 5.91. The van der Waals surface area contributed by atoms with Crippen LogP contribution in [0.4, 0.5) is 0 Å². The van der Waals surface area contributed by atoms with Crippen LogP contribution >= 0.6 is 0 Å². The molecule has 1 N–H and O–H groups in total. The molecule has 2 aliphatic rings. The summed E-state index contributed by atoms with van der Waals surface area (Å²) in [5.74, 6) is 0.284. The van der Waals surface area contributed by atoms with Gasteiger partial charge in [-0.05, 0) is 30.4 Å². The Morgan fingerprint density at radius 3 is 2.90 bits per heavy atom. The zero-order valence-electron chi connectivity index (χ0n) is 12.5. The van der Waals surface area contributed by atoms with Crippen LogP contribution in [0.15, 0.2) is 24.3 Å². The van der Waals surface area contributed by atoms with E-state index in [1.54, 1.807) is 0 Å². The van der Waals surface area contributed by atoms with Gasteiger partial charge in [-0.3, -0.25) is 4.79 Å². The van der Waals surface area contributed by atoms with E-state index >= 15 is 0 Å². The first-order valence-corrected chi connectivity index (χ1v) is 8.01. The number of carbonyl (C=O) groups excluding carboxylic acids is 1. The van der Waals surface area contributed by atoms with Crippen molar-refractivity contribution in [1.82, 2.24) is 10.2 Å². The molecule has 3 rings (SSSR count). The largest absolute Gasteiger partial charge is 0.375 e. The first-order chi connectivity index (χ1) is 10.3. The first kappa shape index (κ1) is 14.5. The number of hydrogen-bond donors (Lipinski definition) is 1. The molecule has 21 heavy (non-hydrogen) atoms. The van der Waals surface area contributed by atoms with Gasteiger partial charge >= 0.3 is 0 Å². The van der Waals surface area contributed by atoms with E-state index in [1.807, 2.05) is 11.0 Å². The molecular weight excluding hydrogens is 264 g/mol. The molecule has 1 fully saturated rings. The molecule has 1 saturated heterocycles. The van der Waals surface area contributed by atoms with Crippen LogP contribution in [0.2, 0.25) is 0 Å². The topological polar surface area (TPSA) is 41.6 Å². The number of rotatable bonds is 4. The van der Waals surface area contributed by atoms with Crippen molar-refractivity contribution in [3.63, 3.8) is 0 Å². The predicted octanol–water partition coefficient (Wildman–Crippen LogP) is 2.25. The molecule has 1 aromatic carbocycles. The summed E-state index contributed by atoms with van der Waals surface area (Å²) in [5.41, 5.74) is 2.57. The second-order valence-electron chi connectivity index (χ2n) is 5.91. The highest BCUT2D eigenvalue weighted by atomic mass is 16.5. The van der Waals surface area contributed by atoms with E-state index in [9.17, 15) is 4.79 Å². The molecule has 2 heterocycles. The smallest absolute Gasteiger partial charge is 0.223 e. The fraction of sp³-hybridized carbons (Fsp3) is 0.588. The molecule has 1 amide bonds. The number of nitrogens with zero attached hydrogens (tertiary/aromatic N) is 1. The van der Waals surface area contributed by atoms with Crippen LogP contribution < -0.4 is 5.32 Å². The maximum atomic E-state index is 12.1. The zero-order valence-corrected chi connectivity index (χ0v) is 12.5. The molecule has 0 spiro atoms. The van der Waals surface area contributed by atoms with E-state index in [1.165, 1.54) is 17.5 Å².